The second-order valence-electron chi connectivity index (χ2n) is 16.2. The molecule has 3 saturated heterocycles. The van der Waals surface area contributed by atoms with Crippen LogP contribution in [-0.2, 0) is 28.7 Å². The van der Waals surface area contributed by atoms with E-state index in [4.69, 9.17) is 9.47 Å². The number of likely N-dealkylation sites (tertiary alicyclic amines) is 1. The molecule has 10 nitrogen and oxygen atoms in total. The number of ether oxygens (including phenoxy) is 2. The number of fused-ring (bicyclic) bond motifs is 1. The molecule has 3 fully saturated rings. The molecule has 0 aromatic heterocycles. The predicted molar refractivity (Wildman–Crippen MR) is 193 cm³/mol. The first-order valence-corrected chi connectivity index (χ1v) is 18.2. The standard InChI is InChI=1S/C40H59N3O7/c1-10-13-19-31(45)41-23-30(27-17-15-14-16-18-27)49-37(48)32-29-20-21-40(50-29)33(32)35(46)43(28(24-44)26(4)12-3)34(40)36(47)42(22-11-2)39(8,9)25-38(5,6)7/h10-11,14-18,26,28-30,32-34,44H,1-2,12-13,19-25H2,3-9H3,(H,41,45)/t26-,28-,29-,30-,32+,33+,34-,40+/m0/s1. The molecular formula is C40H59N3O7. The van der Waals surface area contributed by atoms with Gasteiger partial charge in [-0.25, -0.2) is 0 Å². The zero-order valence-electron chi connectivity index (χ0n) is 31.2. The first-order valence-electron chi connectivity index (χ1n) is 18.2. The van der Waals surface area contributed by atoms with Crippen LogP contribution >= 0.6 is 0 Å². The van der Waals surface area contributed by atoms with E-state index in [9.17, 15) is 19.5 Å². The third-order valence-electron chi connectivity index (χ3n) is 10.9. The summed E-state index contributed by atoms with van der Waals surface area (Å²) in [5.41, 5.74) is -1.26. The number of nitrogens with zero attached hydrogens (tertiary/aromatic N) is 2. The Morgan fingerprint density at radius 3 is 2.42 bits per heavy atom. The van der Waals surface area contributed by atoms with Gasteiger partial charge in [0, 0.05) is 18.5 Å². The predicted octanol–water partition coefficient (Wildman–Crippen LogP) is 5.36. The lowest BCUT2D eigenvalue weighted by Gasteiger charge is -2.47. The van der Waals surface area contributed by atoms with Gasteiger partial charge in [0.25, 0.3) is 0 Å². The summed E-state index contributed by atoms with van der Waals surface area (Å²) in [5.74, 6) is -3.46. The number of rotatable bonds is 17. The molecule has 1 aromatic rings. The molecule has 4 rings (SSSR count). The van der Waals surface area contributed by atoms with Gasteiger partial charge >= 0.3 is 5.97 Å². The molecule has 0 unspecified atom stereocenters. The highest BCUT2D eigenvalue weighted by Crippen LogP contribution is 2.60. The van der Waals surface area contributed by atoms with E-state index < -0.39 is 53.2 Å². The largest absolute Gasteiger partial charge is 0.455 e. The lowest BCUT2D eigenvalue weighted by atomic mass is 9.70. The summed E-state index contributed by atoms with van der Waals surface area (Å²) in [4.78, 5) is 60.1. The first kappa shape index (κ1) is 39.3. The second kappa shape index (κ2) is 15.8. The molecule has 2 bridgehead atoms. The van der Waals surface area contributed by atoms with Crippen molar-refractivity contribution >= 4 is 23.7 Å². The van der Waals surface area contributed by atoms with Crippen LogP contribution in [0.2, 0.25) is 0 Å². The maximum absolute atomic E-state index is 15.1. The Morgan fingerprint density at radius 2 is 1.84 bits per heavy atom. The van der Waals surface area contributed by atoms with Crippen LogP contribution in [0.1, 0.15) is 98.7 Å². The molecule has 0 aliphatic carbocycles. The van der Waals surface area contributed by atoms with Gasteiger partial charge in [0.05, 0.1) is 37.1 Å². The quantitative estimate of drug-likeness (QED) is 0.166. The number of aliphatic hydroxyl groups excluding tert-OH is 1. The van der Waals surface area contributed by atoms with Crippen LogP contribution in [0.25, 0.3) is 0 Å². The number of hydrogen-bond donors (Lipinski definition) is 2. The topological polar surface area (TPSA) is 125 Å². The van der Waals surface area contributed by atoms with Crippen molar-refractivity contribution in [1.29, 1.82) is 0 Å². The number of benzene rings is 1. The third-order valence-corrected chi connectivity index (χ3v) is 10.9. The molecule has 3 heterocycles. The maximum Gasteiger partial charge on any atom is 0.313 e. The van der Waals surface area contributed by atoms with Crippen molar-refractivity contribution in [2.45, 2.75) is 122 Å². The smallest absolute Gasteiger partial charge is 0.313 e. The lowest BCUT2D eigenvalue weighted by Crippen LogP contribution is -2.63. The van der Waals surface area contributed by atoms with Crippen molar-refractivity contribution in [1.82, 2.24) is 15.1 Å². The van der Waals surface area contributed by atoms with Gasteiger partial charge in [0.1, 0.15) is 17.7 Å². The number of hydrogen-bond acceptors (Lipinski definition) is 7. The van der Waals surface area contributed by atoms with Crippen LogP contribution in [-0.4, -0.2) is 87.6 Å². The number of carbonyl (C=O) groups excluding carboxylic acids is 4. The third kappa shape index (κ3) is 7.86. The minimum absolute atomic E-state index is 0.0565. The molecule has 276 valence electrons. The van der Waals surface area contributed by atoms with Gasteiger partial charge in [-0.2, -0.15) is 0 Å². The number of esters is 1. The number of nitrogens with one attached hydrogen (secondary N) is 1. The van der Waals surface area contributed by atoms with E-state index in [0.717, 1.165) is 0 Å². The number of amides is 3. The van der Waals surface area contributed by atoms with Gasteiger partial charge in [-0.05, 0) is 56.4 Å². The highest BCUT2D eigenvalue weighted by molar-refractivity contribution is 5.98. The fraction of sp³-hybridized carbons (Fsp3) is 0.650. The molecule has 3 aliphatic heterocycles. The Morgan fingerprint density at radius 1 is 1.16 bits per heavy atom. The molecule has 1 aromatic carbocycles. The molecule has 50 heavy (non-hydrogen) atoms. The van der Waals surface area contributed by atoms with Crippen molar-refractivity contribution < 1.29 is 33.8 Å². The zero-order valence-corrected chi connectivity index (χ0v) is 31.2. The Hall–Kier alpha value is -3.50. The van der Waals surface area contributed by atoms with Crippen molar-refractivity contribution in [3.05, 3.63) is 61.2 Å². The monoisotopic (exact) mass is 693 g/mol. The average molecular weight is 694 g/mol. The van der Waals surface area contributed by atoms with Gasteiger partial charge in [-0.3, -0.25) is 19.2 Å². The van der Waals surface area contributed by atoms with E-state index in [1.165, 1.54) is 0 Å². The van der Waals surface area contributed by atoms with Crippen molar-refractivity contribution in [3.8, 4) is 0 Å². The number of carbonyl (C=O) groups is 4. The fourth-order valence-electron chi connectivity index (χ4n) is 8.76. The molecule has 2 N–H and O–H groups in total. The van der Waals surface area contributed by atoms with Gasteiger partial charge in [-0.1, -0.05) is 83.5 Å². The van der Waals surface area contributed by atoms with E-state index >= 15 is 4.79 Å². The van der Waals surface area contributed by atoms with Gasteiger partial charge < -0.3 is 29.7 Å². The van der Waals surface area contributed by atoms with Crippen LogP contribution < -0.4 is 5.32 Å². The van der Waals surface area contributed by atoms with E-state index in [0.29, 0.717) is 37.7 Å². The normalized spacial score (nSPS) is 26.2. The fourth-order valence-corrected chi connectivity index (χ4v) is 8.76. The zero-order chi connectivity index (χ0) is 37.0. The second-order valence-corrected chi connectivity index (χ2v) is 16.2. The molecule has 10 heteroatoms. The van der Waals surface area contributed by atoms with E-state index in [1.54, 1.807) is 22.0 Å². The number of aliphatic hydroxyl groups is 1. The Balaban J connectivity index is 1.74. The first-order chi connectivity index (χ1) is 23.6. The van der Waals surface area contributed by atoms with Crippen LogP contribution in [0, 0.1) is 23.2 Å². The summed E-state index contributed by atoms with van der Waals surface area (Å²) in [7, 11) is 0. The molecule has 0 saturated carbocycles. The van der Waals surface area contributed by atoms with E-state index in [1.807, 2.05) is 58.0 Å². The summed E-state index contributed by atoms with van der Waals surface area (Å²) < 4.78 is 12.9. The van der Waals surface area contributed by atoms with Crippen LogP contribution in [0.5, 0.6) is 0 Å². The summed E-state index contributed by atoms with van der Waals surface area (Å²) in [6.45, 7) is 22.0. The Labute approximate surface area is 298 Å². The van der Waals surface area contributed by atoms with Crippen LogP contribution in [0.3, 0.4) is 0 Å². The summed E-state index contributed by atoms with van der Waals surface area (Å²) in [5, 5.41) is 13.6. The molecule has 1 spiro atoms. The average Bonchev–Trinajstić information content (AvgIpc) is 3.71. The van der Waals surface area contributed by atoms with Crippen molar-refractivity contribution in [2.75, 3.05) is 19.7 Å². The van der Waals surface area contributed by atoms with Crippen molar-refractivity contribution in [2.24, 2.45) is 23.2 Å². The summed E-state index contributed by atoms with van der Waals surface area (Å²) in [6, 6.07) is 7.49. The minimum Gasteiger partial charge on any atom is -0.455 e. The molecule has 3 amide bonds. The molecule has 0 radical (unpaired) electrons. The minimum atomic E-state index is -1.26. The Bertz CT molecular complexity index is 1410. The molecule has 3 aliphatic rings. The lowest BCUT2D eigenvalue weighted by molar-refractivity contribution is -0.162. The van der Waals surface area contributed by atoms with Crippen LogP contribution in [0.4, 0.5) is 0 Å². The molecular weight excluding hydrogens is 634 g/mol. The van der Waals surface area contributed by atoms with Crippen molar-refractivity contribution in [3.63, 3.8) is 0 Å². The SMILES string of the molecule is C=CCCC(=O)NC[C@H](OC(=O)[C@@H]1[C@@H]2CC[C@]3(O2)[C@H](C(=O)N(CC=C)C(C)(C)CC(C)(C)C)N([C@@H](CO)[C@@H](C)CC)C(=O)[C@@H]13)c1ccccc1. The van der Waals surface area contributed by atoms with E-state index in [2.05, 4.69) is 39.2 Å². The van der Waals surface area contributed by atoms with Crippen LogP contribution in [0.15, 0.2) is 55.6 Å². The number of allylic oxidation sites excluding steroid dienone is 1. The van der Waals surface area contributed by atoms with E-state index in [-0.39, 0.29) is 55.2 Å². The molecule has 8 atom stereocenters. The summed E-state index contributed by atoms with van der Waals surface area (Å²) in [6.07, 6.45) is 5.01. The summed E-state index contributed by atoms with van der Waals surface area (Å²) >= 11 is 0. The van der Waals surface area contributed by atoms with Gasteiger partial charge in [0.15, 0.2) is 0 Å². The highest BCUT2D eigenvalue weighted by atomic mass is 16.6. The highest BCUT2D eigenvalue weighted by Gasteiger charge is 2.76. The maximum atomic E-state index is 15.1. The van der Waals surface area contributed by atoms with Gasteiger partial charge in [0.2, 0.25) is 17.7 Å². The van der Waals surface area contributed by atoms with Gasteiger partial charge in [-0.15, -0.1) is 13.2 Å². The Kier molecular flexibility index (Phi) is 12.4.